The Balaban J connectivity index is 2.69. The van der Waals surface area contributed by atoms with Crippen LogP contribution in [0, 0.1) is 0 Å². The molecule has 0 heterocycles. The van der Waals surface area contributed by atoms with Crippen molar-refractivity contribution in [3.05, 3.63) is 28.8 Å². The molecule has 0 aliphatic carbocycles. The van der Waals surface area contributed by atoms with Gasteiger partial charge in [-0.05, 0) is 51.3 Å². The van der Waals surface area contributed by atoms with Gasteiger partial charge in [-0.3, -0.25) is 0 Å². The maximum Gasteiger partial charge on any atom is 0.138 e. The van der Waals surface area contributed by atoms with Crippen molar-refractivity contribution in [1.29, 1.82) is 0 Å². The first kappa shape index (κ1) is 16.3. The maximum absolute atomic E-state index is 6.28. The summed E-state index contributed by atoms with van der Waals surface area (Å²) in [6.07, 6.45) is 2.25. The van der Waals surface area contributed by atoms with Gasteiger partial charge >= 0.3 is 0 Å². The Morgan fingerprint density at radius 3 is 2.32 bits per heavy atom. The van der Waals surface area contributed by atoms with Crippen LogP contribution in [0.25, 0.3) is 0 Å². The Hall–Kier alpha value is -0.730. The Labute approximate surface area is 122 Å². The molecule has 0 saturated heterocycles. The van der Waals surface area contributed by atoms with Crippen LogP contribution in [0.4, 0.5) is 0 Å². The fourth-order valence-electron chi connectivity index (χ4n) is 1.75. The van der Waals surface area contributed by atoms with Crippen LogP contribution < -0.4 is 10.1 Å². The third kappa shape index (κ3) is 5.84. The normalized spacial score (nSPS) is 11.9. The van der Waals surface area contributed by atoms with E-state index in [1.165, 1.54) is 5.56 Å². The Kier molecular flexibility index (Phi) is 6.15. The van der Waals surface area contributed by atoms with E-state index >= 15 is 0 Å². The highest BCUT2D eigenvalue weighted by Gasteiger charge is 2.11. The lowest BCUT2D eigenvalue weighted by Crippen LogP contribution is -2.35. The summed E-state index contributed by atoms with van der Waals surface area (Å²) in [6, 6.07) is 6.03. The molecule has 3 heteroatoms. The number of nitrogens with one attached hydrogen (secondary N) is 1. The number of hydrogen-bond acceptors (Lipinski definition) is 2. The predicted molar refractivity (Wildman–Crippen MR) is 83.0 cm³/mol. The second kappa shape index (κ2) is 7.16. The molecule has 0 radical (unpaired) electrons. The van der Waals surface area contributed by atoms with Crippen molar-refractivity contribution in [3.63, 3.8) is 0 Å². The Morgan fingerprint density at radius 1 is 1.21 bits per heavy atom. The highest BCUT2D eigenvalue weighted by Crippen LogP contribution is 2.27. The topological polar surface area (TPSA) is 21.3 Å². The van der Waals surface area contributed by atoms with E-state index < -0.39 is 0 Å². The van der Waals surface area contributed by atoms with Gasteiger partial charge in [-0.1, -0.05) is 31.5 Å². The Morgan fingerprint density at radius 2 is 1.84 bits per heavy atom. The SMILES string of the molecule is CCC(CC)Oc1ccc(CNC(C)(C)C)cc1Cl. The molecule has 0 bridgehead atoms. The van der Waals surface area contributed by atoms with Crippen molar-refractivity contribution < 1.29 is 4.74 Å². The molecule has 0 unspecified atom stereocenters. The fraction of sp³-hybridized carbons (Fsp3) is 0.625. The van der Waals surface area contributed by atoms with Crippen LogP contribution in [0.5, 0.6) is 5.75 Å². The van der Waals surface area contributed by atoms with Crippen molar-refractivity contribution >= 4 is 11.6 Å². The van der Waals surface area contributed by atoms with Gasteiger partial charge in [-0.15, -0.1) is 0 Å². The first-order valence-corrected chi connectivity index (χ1v) is 7.43. The second-order valence-electron chi connectivity index (χ2n) is 5.92. The molecule has 108 valence electrons. The molecule has 0 saturated carbocycles. The minimum atomic E-state index is 0.108. The average molecular weight is 284 g/mol. The summed E-state index contributed by atoms with van der Waals surface area (Å²) in [4.78, 5) is 0. The van der Waals surface area contributed by atoms with Gasteiger partial charge in [0.2, 0.25) is 0 Å². The van der Waals surface area contributed by atoms with Gasteiger partial charge in [0.1, 0.15) is 5.75 Å². The quantitative estimate of drug-likeness (QED) is 0.810. The van der Waals surface area contributed by atoms with E-state index in [1.807, 2.05) is 12.1 Å². The number of hydrogen-bond donors (Lipinski definition) is 1. The lowest BCUT2D eigenvalue weighted by molar-refractivity contribution is 0.193. The molecule has 19 heavy (non-hydrogen) atoms. The molecule has 0 atom stereocenters. The van der Waals surface area contributed by atoms with Crippen LogP contribution in [0.3, 0.4) is 0 Å². The molecule has 1 N–H and O–H groups in total. The van der Waals surface area contributed by atoms with Gasteiger partial charge in [0.05, 0.1) is 11.1 Å². The summed E-state index contributed by atoms with van der Waals surface area (Å²) in [6.45, 7) is 11.5. The third-order valence-corrected chi connectivity index (χ3v) is 3.32. The molecule has 0 aliphatic rings. The van der Waals surface area contributed by atoms with Crippen molar-refractivity contribution in [2.24, 2.45) is 0 Å². The molecule has 1 aromatic rings. The first-order chi connectivity index (χ1) is 8.85. The standard InChI is InChI=1S/C16H26ClNO/c1-6-13(7-2)19-15-9-8-12(10-14(15)17)11-18-16(3,4)5/h8-10,13,18H,6-7,11H2,1-5H3. The zero-order chi connectivity index (χ0) is 14.5. The van der Waals surface area contributed by atoms with E-state index in [0.29, 0.717) is 5.02 Å². The summed E-state index contributed by atoms with van der Waals surface area (Å²) in [5.41, 5.74) is 1.29. The van der Waals surface area contributed by atoms with Crippen molar-refractivity contribution in [1.82, 2.24) is 5.32 Å². The number of rotatable bonds is 6. The lowest BCUT2D eigenvalue weighted by Gasteiger charge is -2.21. The zero-order valence-corrected chi connectivity index (χ0v) is 13.5. The molecule has 2 nitrogen and oxygen atoms in total. The third-order valence-electron chi connectivity index (χ3n) is 3.02. The smallest absolute Gasteiger partial charge is 0.138 e. The molecule has 0 aliphatic heterocycles. The van der Waals surface area contributed by atoms with E-state index in [4.69, 9.17) is 16.3 Å². The molecule has 1 aromatic carbocycles. The summed E-state index contributed by atoms with van der Waals surface area (Å²) in [5, 5.41) is 4.14. The minimum Gasteiger partial charge on any atom is -0.489 e. The number of ether oxygens (including phenoxy) is 1. The summed E-state index contributed by atoms with van der Waals surface area (Å²) < 4.78 is 5.89. The van der Waals surface area contributed by atoms with Gasteiger partial charge in [-0.2, -0.15) is 0 Å². The van der Waals surface area contributed by atoms with Gasteiger partial charge in [0, 0.05) is 12.1 Å². The summed E-state index contributed by atoms with van der Waals surface area (Å²) >= 11 is 6.28. The van der Waals surface area contributed by atoms with Crippen LogP contribution in [-0.4, -0.2) is 11.6 Å². The van der Waals surface area contributed by atoms with Crippen molar-refractivity contribution in [2.45, 2.75) is 65.6 Å². The molecule has 0 amide bonds. The van der Waals surface area contributed by atoms with Gasteiger partial charge < -0.3 is 10.1 Å². The van der Waals surface area contributed by atoms with E-state index in [9.17, 15) is 0 Å². The predicted octanol–water partition coefficient (Wildman–Crippen LogP) is 4.80. The highest BCUT2D eigenvalue weighted by molar-refractivity contribution is 6.32. The first-order valence-electron chi connectivity index (χ1n) is 7.05. The van der Waals surface area contributed by atoms with Crippen LogP contribution in [-0.2, 0) is 6.54 Å². The van der Waals surface area contributed by atoms with Gasteiger partial charge in [0.25, 0.3) is 0 Å². The number of benzene rings is 1. The average Bonchev–Trinajstić information content (AvgIpc) is 2.34. The van der Waals surface area contributed by atoms with E-state index in [2.05, 4.69) is 46.0 Å². The van der Waals surface area contributed by atoms with Crippen LogP contribution in [0.1, 0.15) is 53.0 Å². The summed E-state index contributed by atoms with van der Waals surface area (Å²) in [7, 11) is 0. The van der Waals surface area contributed by atoms with Gasteiger partial charge in [-0.25, -0.2) is 0 Å². The van der Waals surface area contributed by atoms with Crippen LogP contribution in [0.2, 0.25) is 5.02 Å². The number of halogens is 1. The molecule has 1 rings (SSSR count). The van der Waals surface area contributed by atoms with Gasteiger partial charge in [0.15, 0.2) is 0 Å². The molecule has 0 fully saturated rings. The maximum atomic E-state index is 6.28. The Bertz CT molecular complexity index is 394. The monoisotopic (exact) mass is 283 g/mol. The van der Waals surface area contributed by atoms with E-state index in [1.54, 1.807) is 0 Å². The molecule has 0 aromatic heterocycles. The van der Waals surface area contributed by atoms with E-state index in [-0.39, 0.29) is 11.6 Å². The second-order valence-corrected chi connectivity index (χ2v) is 6.33. The van der Waals surface area contributed by atoms with Crippen LogP contribution in [0.15, 0.2) is 18.2 Å². The zero-order valence-electron chi connectivity index (χ0n) is 12.7. The van der Waals surface area contributed by atoms with Crippen molar-refractivity contribution in [2.75, 3.05) is 0 Å². The minimum absolute atomic E-state index is 0.108. The summed E-state index contributed by atoms with van der Waals surface area (Å²) in [5.74, 6) is 0.787. The molecule has 0 spiro atoms. The molecular weight excluding hydrogens is 258 g/mol. The fourth-order valence-corrected chi connectivity index (χ4v) is 2.00. The van der Waals surface area contributed by atoms with Crippen molar-refractivity contribution in [3.8, 4) is 5.75 Å². The highest BCUT2D eigenvalue weighted by atomic mass is 35.5. The van der Waals surface area contributed by atoms with E-state index in [0.717, 1.165) is 25.1 Å². The lowest BCUT2D eigenvalue weighted by atomic mass is 10.1. The largest absolute Gasteiger partial charge is 0.489 e. The molecular formula is C16H26ClNO. The van der Waals surface area contributed by atoms with Crippen LogP contribution >= 0.6 is 11.6 Å².